The average molecular weight is 353 g/mol. The van der Waals surface area contributed by atoms with E-state index in [-0.39, 0.29) is 23.9 Å². The molecule has 2 atom stereocenters. The van der Waals surface area contributed by atoms with Crippen molar-refractivity contribution in [1.82, 2.24) is 4.31 Å². The molecule has 1 aromatic carbocycles. The van der Waals surface area contributed by atoms with E-state index < -0.39 is 21.4 Å². The van der Waals surface area contributed by atoms with Gasteiger partial charge in [-0.15, -0.1) is 0 Å². The molecule has 0 unspecified atom stereocenters. The van der Waals surface area contributed by atoms with E-state index in [0.29, 0.717) is 31.1 Å². The Morgan fingerprint density at radius 2 is 2.00 bits per heavy atom. The molecular formula is C16H19NO6S. The van der Waals surface area contributed by atoms with Crippen LogP contribution in [-0.2, 0) is 14.8 Å². The minimum absolute atomic E-state index is 0.0454. The molecule has 7 nitrogen and oxygen atoms in total. The molecule has 0 amide bonds. The van der Waals surface area contributed by atoms with Gasteiger partial charge in [-0.2, -0.15) is 4.31 Å². The number of rotatable bonds is 3. The molecule has 0 radical (unpaired) electrons. The highest BCUT2D eigenvalue weighted by atomic mass is 32.2. The highest BCUT2D eigenvalue weighted by Crippen LogP contribution is 2.50. The predicted octanol–water partition coefficient (Wildman–Crippen LogP) is 1.33. The van der Waals surface area contributed by atoms with Gasteiger partial charge in [-0.05, 0) is 30.9 Å². The summed E-state index contributed by atoms with van der Waals surface area (Å²) in [4.78, 5) is 11.9. The molecule has 1 aliphatic carbocycles. The number of aliphatic carboxylic acids is 1. The van der Waals surface area contributed by atoms with Crippen LogP contribution in [0, 0.1) is 11.3 Å². The zero-order chi connectivity index (χ0) is 16.9. The van der Waals surface area contributed by atoms with Gasteiger partial charge in [0.2, 0.25) is 10.0 Å². The molecule has 1 saturated heterocycles. The molecule has 0 spiro atoms. The summed E-state index contributed by atoms with van der Waals surface area (Å²) in [6.07, 6.45) is 2.15. The van der Waals surface area contributed by atoms with Crippen molar-refractivity contribution in [3.63, 3.8) is 0 Å². The van der Waals surface area contributed by atoms with Crippen molar-refractivity contribution >= 4 is 16.0 Å². The molecule has 0 bridgehead atoms. The molecule has 24 heavy (non-hydrogen) atoms. The number of carbonyl (C=O) groups is 1. The summed E-state index contributed by atoms with van der Waals surface area (Å²) in [7, 11) is -3.75. The Morgan fingerprint density at radius 3 is 2.71 bits per heavy atom. The molecule has 1 N–H and O–H groups in total. The number of hydrogen-bond donors (Lipinski definition) is 1. The molecule has 0 aromatic heterocycles. The van der Waals surface area contributed by atoms with Crippen molar-refractivity contribution in [2.75, 3.05) is 26.3 Å². The first kappa shape index (κ1) is 15.7. The lowest BCUT2D eigenvalue weighted by Gasteiger charge is -2.24. The summed E-state index contributed by atoms with van der Waals surface area (Å²) >= 11 is 0. The SMILES string of the molecule is O=C(O)[C@@]12CCC[C@H]1CN(S(=O)(=O)c1ccc3c(c1)OCCO3)C2. The van der Waals surface area contributed by atoms with Crippen LogP contribution in [0.15, 0.2) is 23.1 Å². The summed E-state index contributed by atoms with van der Waals surface area (Å²) in [6.45, 7) is 1.13. The van der Waals surface area contributed by atoms with Crippen molar-refractivity contribution in [3.8, 4) is 11.5 Å². The van der Waals surface area contributed by atoms with Crippen LogP contribution in [0.3, 0.4) is 0 Å². The lowest BCUT2D eigenvalue weighted by Crippen LogP contribution is -2.37. The molecule has 1 saturated carbocycles. The third-order valence-corrected chi connectivity index (χ3v) is 7.22. The van der Waals surface area contributed by atoms with Gasteiger partial charge in [-0.3, -0.25) is 4.79 Å². The average Bonchev–Trinajstić information content (AvgIpc) is 3.13. The van der Waals surface area contributed by atoms with Crippen molar-refractivity contribution in [2.45, 2.75) is 24.2 Å². The maximum absolute atomic E-state index is 13.0. The maximum Gasteiger partial charge on any atom is 0.311 e. The van der Waals surface area contributed by atoms with E-state index >= 15 is 0 Å². The summed E-state index contributed by atoms with van der Waals surface area (Å²) in [5.41, 5.74) is -0.930. The Balaban J connectivity index is 1.66. The van der Waals surface area contributed by atoms with Gasteiger partial charge in [0.25, 0.3) is 0 Å². The Hall–Kier alpha value is -1.80. The first-order valence-corrected chi connectivity index (χ1v) is 9.51. The molecular weight excluding hydrogens is 334 g/mol. The van der Waals surface area contributed by atoms with Crippen molar-refractivity contribution < 1.29 is 27.8 Å². The molecule has 130 valence electrons. The first-order chi connectivity index (χ1) is 11.4. The molecule has 1 aromatic rings. The van der Waals surface area contributed by atoms with E-state index in [4.69, 9.17) is 9.47 Å². The lowest BCUT2D eigenvalue weighted by atomic mass is 9.81. The van der Waals surface area contributed by atoms with Gasteiger partial charge in [0.1, 0.15) is 13.2 Å². The Kier molecular flexibility index (Phi) is 3.50. The second kappa shape index (κ2) is 5.35. The number of carboxylic acids is 1. The van der Waals surface area contributed by atoms with Gasteiger partial charge < -0.3 is 14.6 Å². The van der Waals surface area contributed by atoms with Crippen LogP contribution in [0.2, 0.25) is 0 Å². The van der Waals surface area contributed by atoms with E-state index in [1.165, 1.54) is 16.4 Å². The highest BCUT2D eigenvalue weighted by Gasteiger charge is 2.57. The Labute approximate surface area is 140 Å². The largest absolute Gasteiger partial charge is 0.486 e. The predicted molar refractivity (Wildman–Crippen MR) is 83.6 cm³/mol. The number of carboxylic acid groups (broad SMARTS) is 1. The number of benzene rings is 1. The quantitative estimate of drug-likeness (QED) is 0.881. The van der Waals surface area contributed by atoms with E-state index in [1.54, 1.807) is 6.07 Å². The smallest absolute Gasteiger partial charge is 0.311 e. The fourth-order valence-electron chi connectivity index (χ4n) is 4.11. The van der Waals surface area contributed by atoms with E-state index in [0.717, 1.165) is 12.8 Å². The van der Waals surface area contributed by atoms with Gasteiger partial charge in [0.05, 0.1) is 10.3 Å². The van der Waals surface area contributed by atoms with Crippen LogP contribution >= 0.6 is 0 Å². The van der Waals surface area contributed by atoms with Crippen LogP contribution in [0.25, 0.3) is 0 Å². The third kappa shape index (κ3) is 2.20. The third-order valence-electron chi connectivity index (χ3n) is 5.42. The molecule has 2 aliphatic heterocycles. The second-order valence-electron chi connectivity index (χ2n) is 6.65. The van der Waals surface area contributed by atoms with Crippen LogP contribution in [0.1, 0.15) is 19.3 Å². The standard InChI is InChI=1S/C16H19NO6S/c18-15(19)16-5-1-2-11(16)9-17(10-16)24(20,21)12-3-4-13-14(8-12)23-7-6-22-13/h3-4,8,11H,1-2,5-7,9-10H2,(H,18,19)/t11-,16+/m0/s1. The summed E-state index contributed by atoms with van der Waals surface area (Å²) in [5, 5.41) is 9.63. The van der Waals surface area contributed by atoms with Gasteiger partial charge in [-0.25, -0.2) is 8.42 Å². The number of ether oxygens (including phenoxy) is 2. The molecule has 4 rings (SSSR count). The molecule has 8 heteroatoms. The van der Waals surface area contributed by atoms with Crippen molar-refractivity contribution in [1.29, 1.82) is 0 Å². The van der Waals surface area contributed by atoms with E-state index in [1.807, 2.05) is 0 Å². The fourth-order valence-corrected chi connectivity index (χ4v) is 5.68. The second-order valence-corrected chi connectivity index (χ2v) is 8.59. The first-order valence-electron chi connectivity index (χ1n) is 8.07. The minimum Gasteiger partial charge on any atom is -0.486 e. The monoisotopic (exact) mass is 353 g/mol. The Morgan fingerprint density at radius 1 is 1.25 bits per heavy atom. The molecule has 2 heterocycles. The van der Waals surface area contributed by atoms with Crippen LogP contribution in [0.4, 0.5) is 0 Å². The Bertz CT molecular complexity index is 792. The van der Waals surface area contributed by atoms with Crippen LogP contribution in [0.5, 0.6) is 11.5 Å². The number of nitrogens with zero attached hydrogens (tertiary/aromatic N) is 1. The maximum atomic E-state index is 13.0. The number of sulfonamides is 1. The summed E-state index contributed by atoms with van der Waals surface area (Å²) in [6, 6.07) is 4.54. The number of hydrogen-bond acceptors (Lipinski definition) is 5. The lowest BCUT2D eigenvalue weighted by molar-refractivity contribution is -0.149. The van der Waals surface area contributed by atoms with Crippen LogP contribution in [-0.4, -0.2) is 50.1 Å². The van der Waals surface area contributed by atoms with Crippen LogP contribution < -0.4 is 9.47 Å². The number of fused-ring (bicyclic) bond motifs is 2. The fraction of sp³-hybridized carbons (Fsp3) is 0.562. The van der Waals surface area contributed by atoms with Gasteiger partial charge in [0, 0.05) is 19.2 Å². The summed E-state index contributed by atoms with van der Waals surface area (Å²) < 4.78 is 38.1. The van der Waals surface area contributed by atoms with E-state index in [9.17, 15) is 18.3 Å². The zero-order valence-corrected chi connectivity index (χ0v) is 13.9. The zero-order valence-electron chi connectivity index (χ0n) is 13.1. The normalized spacial score (nSPS) is 29.4. The van der Waals surface area contributed by atoms with Gasteiger partial charge in [0.15, 0.2) is 11.5 Å². The van der Waals surface area contributed by atoms with Gasteiger partial charge in [-0.1, -0.05) is 6.42 Å². The van der Waals surface area contributed by atoms with Crippen molar-refractivity contribution in [3.05, 3.63) is 18.2 Å². The topological polar surface area (TPSA) is 93.1 Å². The van der Waals surface area contributed by atoms with E-state index in [2.05, 4.69) is 0 Å². The highest BCUT2D eigenvalue weighted by molar-refractivity contribution is 7.89. The minimum atomic E-state index is -3.75. The van der Waals surface area contributed by atoms with Crippen molar-refractivity contribution in [2.24, 2.45) is 11.3 Å². The summed E-state index contributed by atoms with van der Waals surface area (Å²) in [5.74, 6) is -0.0537. The van der Waals surface area contributed by atoms with Gasteiger partial charge >= 0.3 is 5.97 Å². The molecule has 3 aliphatic rings. The molecule has 2 fully saturated rings.